The van der Waals surface area contributed by atoms with E-state index in [4.69, 9.17) is 4.74 Å². The minimum absolute atomic E-state index is 0.163. The highest BCUT2D eigenvalue weighted by atomic mass is 16.5. The number of nitrogens with zero attached hydrogens (tertiary/aromatic N) is 1. The molecule has 1 fully saturated rings. The standard InChI is InChI=1S/C18H28N4O3/c1-18(2,3)21-16(23)14-5-4-6-15(13-14)20-17(24)19-7-8-22-9-11-25-12-10-22/h4-6,13H,7-12H2,1-3H3,(H,21,23)(H2,19,20,24). The number of carbonyl (C=O) groups excluding carboxylic acids is 2. The summed E-state index contributed by atoms with van der Waals surface area (Å²) in [6, 6.07) is 6.63. The molecule has 7 heteroatoms. The van der Waals surface area contributed by atoms with Gasteiger partial charge >= 0.3 is 6.03 Å². The van der Waals surface area contributed by atoms with Gasteiger partial charge in [0.25, 0.3) is 5.91 Å². The summed E-state index contributed by atoms with van der Waals surface area (Å²) in [4.78, 5) is 26.4. The zero-order valence-electron chi connectivity index (χ0n) is 15.2. The summed E-state index contributed by atoms with van der Waals surface area (Å²) in [5, 5.41) is 8.50. The molecule has 0 bridgehead atoms. The molecule has 0 radical (unpaired) electrons. The van der Waals surface area contributed by atoms with Gasteiger partial charge in [-0.1, -0.05) is 6.07 Å². The molecular weight excluding hydrogens is 320 g/mol. The van der Waals surface area contributed by atoms with Crippen LogP contribution in [-0.4, -0.2) is 61.8 Å². The fourth-order valence-electron chi connectivity index (χ4n) is 2.48. The summed E-state index contributed by atoms with van der Waals surface area (Å²) in [5.41, 5.74) is 0.795. The lowest BCUT2D eigenvalue weighted by Gasteiger charge is -2.26. The van der Waals surface area contributed by atoms with Crippen LogP contribution >= 0.6 is 0 Å². The number of nitrogens with one attached hydrogen (secondary N) is 3. The summed E-state index contributed by atoms with van der Waals surface area (Å²) in [6.07, 6.45) is 0. The minimum atomic E-state index is -0.308. The van der Waals surface area contributed by atoms with Gasteiger partial charge in [-0.3, -0.25) is 9.69 Å². The molecule has 1 saturated heterocycles. The average molecular weight is 348 g/mol. The fraction of sp³-hybridized carbons (Fsp3) is 0.556. The van der Waals surface area contributed by atoms with Crippen LogP contribution in [0, 0.1) is 0 Å². The van der Waals surface area contributed by atoms with Gasteiger partial charge in [-0.25, -0.2) is 4.79 Å². The van der Waals surface area contributed by atoms with Crippen LogP contribution in [0.15, 0.2) is 24.3 Å². The summed E-state index contributed by atoms with van der Waals surface area (Å²) in [7, 11) is 0. The smallest absolute Gasteiger partial charge is 0.319 e. The maximum Gasteiger partial charge on any atom is 0.319 e. The molecule has 25 heavy (non-hydrogen) atoms. The summed E-state index contributed by atoms with van der Waals surface area (Å²) >= 11 is 0. The average Bonchev–Trinajstić information content (AvgIpc) is 2.54. The molecule has 0 spiro atoms. The Morgan fingerprint density at radius 2 is 1.92 bits per heavy atom. The van der Waals surface area contributed by atoms with Crippen LogP contribution in [0.2, 0.25) is 0 Å². The summed E-state index contributed by atoms with van der Waals surface area (Å²) < 4.78 is 5.29. The fourth-order valence-corrected chi connectivity index (χ4v) is 2.48. The molecule has 3 N–H and O–H groups in total. The number of hydrogen-bond acceptors (Lipinski definition) is 4. The van der Waals surface area contributed by atoms with Crippen LogP contribution in [0.1, 0.15) is 31.1 Å². The van der Waals surface area contributed by atoms with Gasteiger partial charge in [0.15, 0.2) is 0 Å². The van der Waals surface area contributed by atoms with Crippen molar-refractivity contribution in [1.82, 2.24) is 15.5 Å². The van der Waals surface area contributed by atoms with Gasteiger partial charge in [0.05, 0.1) is 13.2 Å². The van der Waals surface area contributed by atoms with Gasteiger partial charge in [-0.15, -0.1) is 0 Å². The van der Waals surface area contributed by atoms with Gasteiger partial charge in [0.1, 0.15) is 0 Å². The quantitative estimate of drug-likeness (QED) is 0.756. The molecule has 0 atom stereocenters. The van der Waals surface area contributed by atoms with E-state index in [0.717, 1.165) is 32.8 Å². The topological polar surface area (TPSA) is 82.7 Å². The van der Waals surface area contributed by atoms with Crippen LogP contribution in [0.5, 0.6) is 0 Å². The highest BCUT2D eigenvalue weighted by molar-refractivity contribution is 5.97. The van der Waals surface area contributed by atoms with E-state index >= 15 is 0 Å². The van der Waals surface area contributed by atoms with Crippen molar-refractivity contribution in [2.24, 2.45) is 0 Å². The molecule has 138 valence electrons. The van der Waals surface area contributed by atoms with E-state index in [-0.39, 0.29) is 17.5 Å². The lowest BCUT2D eigenvalue weighted by atomic mass is 10.1. The van der Waals surface area contributed by atoms with Crippen molar-refractivity contribution < 1.29 is 14.3 Å². The zero-order valence-corrected chi connectivity index (χ0v) is 15.2. The number of rotatable bonds is 5. The first kappa shape index (κ1) is 19.2. The molecule has 7 nitrogen and oxygen atoms in total. The molecule has 0 saturated carbocycles. The Kier molecular flexibility index (Phi) is 6.78. The number of ether oxygens (including phenoxy) is 1. The molecule has 1 aromatic rings. The first-order valence-electron chi connectivity index (χ1n) is 8.61. The van der Waals surface area contributed by atoms with Crippen molar-refractivity contribution in [3.63, 3.8) is 0 Å². The Bertz CT molecular complexity index is 592. The Morgan fingerprint density at radius 1 is 1.20 bits per heavy atom. The third kappa shape index (κ3) is 7.11. The van der Waals surface area contributed by atoms with Gasteiger partial charge in [-0.05, 0) is 39.0 Å². The van der Waals surface area contributed by atoms with Crippen molar-refractivity contribution >= 4 is 17.6 Å². The number of morpholine rings is 1. The van der Waals surface area contributed by atoms with Crippen molar-refractivity contribution in [3.05, 3.63) is 29.8 Å². The summed E-state index contributed by atoms with van der Waals surface area (Å²) in [5.74, 6) is -0.163. The van der Waals surface area contributed by atoms with Crippen molar-refractivity contribution in [2.45, 2.75) is 26.3 Å². The van der Waals surface area contributed by atoms with E-state index in [9.17, 15) is 9.59 Å². The molecule has 0 aromatic heterocycles. The molecule has 1 heterocycles. The number of benzene rings is 1. The van der Waals surface area contributed by atoms with Gasteiger partial charge in [0.2, 0.25) is 0 Å². The number of carbonyl (C=O) groups is 2. The molecule has 1 aliphatic rings. The molecule has 0 aliphatic carbocycles. The Labute approximate surface area is 149 Å². The van der Waals surface area contributed by atoms with Gasteiger partial charge in [0, 0.05) is 43.0 Å². The van der Waals surface area contributed by atoms with Crippen LogP contribution in [-0.2, 0) is 4.74 Å². The van der Waals surface area contributed by atoms with E-state index in [2.05, 4.69) is 20.9 Å². The largest absolute Gasteiger partial charge is 0.379 e. The maximum atomic E-state index is 12.2. The summed E-state index contributed by atoms with van der Waals surface area (Å²) in [6.45, 7) is 10.4. The Morgan fingerprint density at radius 3 is 2.60 bits per heavy atom. The lowest BCUT2D eigenvalue weighted by molar-refractivity contribution is 0.0388. The highest BCUT2D eigenvalue weighted by Crippen LogP contribution is 2.12. The predicted molar refractivity (Wildman–Crippen MR) is 97.9 cm³/mol. The van der Waals surface area contributed by atoms with E-state index in [1.165, 1.54) is 0 Å². The van der Waals surface area contributed by atoms with Crippen molar-refractivity contribution in [2.75, 3.05) is 44.7 Å². The molecule has 2 rings (SSSR count). The Balaban J connectivity index is 1.80. The second-order valence-electron chi connectivity index (χ2n) is 7.12. The third-order valence-electron chi connectivity index (χ3n) is 3.69. The molecule has 1 aliphatic heterocycles. The second-order valence-corrected chi connectivity index (χ2v) is 7.12. The molecule has 1 aromatic carbocycles. The molecule has 3 amide bonds. The Hall–Kier alpha value is -2.12. The zero-order chi connectivity index (χ0) is 18.3. The molecule has 0 unspecified atom stereocenters. The number of amides is 3. The van der Waals surface area contributed by atoms with Crippen LogP contribution in [0.4, 0.5) is 10.5 Å². The van der Waals surface area contributed by atoms with Crippen LogP contribution in [0.3, 0.4) is 0 Å². The third-order valence-corrected chi connectivity index (χ3v) is 3.69. The molecular formula is C18H28N4O3. The SMILES string of the molecule is CC(C)(C)NC(=O)c1cccc(NC(=O)NCCN2CCOCC2)c1. The first-order chi connectivity index (χ1) is 11.8. The van der Waals surface area contributed by atoms with Gasteiger partial charge < -0.3 is 20.7 Å². The first-order valence-corrected chi connectivity index (χ1v) is 8.61. The van der Waals surface area contributed by atoms with E-state index in [1.54, 1.807) is 24.3 Å². The number of hydrogen-bond donors (Lipinski definition) is 3. The van der Waals surface area contributed by atoms with Gasteiger partial charge in [-0.2, -0.15) is 0 Å². The van der Waals surface area contributed by atoms with E-state index in [1.807, 2.05) is 20.8 Å². The predicted octanol–water partition coefficient (Wildman–Crippen LogP) is 1.67. The highest BCUT2D eigenvalue weighted by Gasteiger charge is 2.16. The van der Waals surface area contributed by atoms with E-state index < -0.39 is 0 Å². The van der Waals surface area contributed by atoms with Crippen molar-refractivity contribution in [1.29, 1.82) is 0 Å². The lowest BCUT2D eigenvalue weighted by Crippen LogP contribution is -2.42. The normalized spacial score (nSPS) is 15.5. The minimum Gasteiger partial charge on any atom is -0.379 e. The number of anilines is 1. The maximum absolute atomic E-state index is 12.2. The van der Waals surface area contributed by atoms with Crippen LogP contribution in [0.25, 0.3) is 0 Å². The monoisotopic (exact) mass is 348 g/mol. The second kappa shape index (κ2) is 8.82. The van der Waals surface area contributed by atoms with Crippen LogP contribution < -0.4 is 16.0 Å². The van der Waals surface area contributed by atoms with Crippen molar-refractivity contribution in [3.8, 4) is 0 Å². The van der Waals surface area contributed by atoms with E-state index in [0.29, 0.717) is 17.8 Å². The number of urea groups is 1.